The number of carbonyl (C=O) groups is 5. The first-order valence-corrected chi connectivity index (χ1v) is 14.9. The van der Waals surface area contributed by atoms with Crippen LogP contribution in [0.5, 0.6) is 0 Å². The van der Waals surface area contributed by atoms with Crippen LogP contribution in [-0.4, -0.2) is 83.7 Å². The van der Waals surface area contributed by atoms with Gasteiger partial charge >= 0.3 is 18.3 Å². The maximum atomic E-state index is 13.1. The minimum atomic E-state index is -0.988. The molecule has 1 unspecified atom stereocenters. The maximum Gasteiger partial charge on any atom is 0.437 e. The number of guanidine groups is 1. The Bertz CT molecular complexity index is 1380. The fraction of sp³-hybridized carbons (Fsp3) is 0.438. The summed E-state index contributed by atoms with van der Waals surface area (Å²) in [7, 11) is 1.49. The minimum Gasteiger partial charge on any atom is -0.444 e. The van der Waals surface area contributed by atoms with E-state index in [0.717, 1.165) is 16.0 Å². The van der Waals surface area contributed by atoms with Gasteiger partial charge in [-0.1, -0.05) is 60.7 Å². The molecule has 0 spiro atoms. The number of nitrogens with two attached hydrogens (primary N) is 1. The molecule has 46 heavy (non-hydrogen) atoms. The van der Waals surface area contributed by atoms with Crippen LogP contribution >= 0.6 is 0 Å². The van der Waals surface area contributed by atoms with Gasteiger partial charge in [0, 0.05) is 26.1 Å². The Balaban J connectivity index is 1.62. The molecule has 0 bridgehead atoms. The first-order valence-electron chi connectivity index (χ1n) is 14.9. The largest absolute Gasteiger partial charge is 0.444 e. The number of hydrogen-bond donors (Lipinski definition) is 3. The number of carbonyl (C=O) groups excluding carboxylic acids is 5. The molecule has 1 fully saturated rings. The highest BCUT2D eigenvalue weighted by molar-refractivity contribution is 5.98. The van der Waals surface area contributed by atoms with E-state index in [4.69, 9.17) is 19.9 Å². The van der Waals surface area contributed by atoms with Crippen LogP contribution in [0.15, 0.2) is 65.7 Å². The van der Waals surface area contributed by atoms with E-state index in [9.17, 15) is 24.0 Å². The number of hydrogen-bond acceptors (Lipinski definition) is 8. The number of benzene rings is 2. The van der Waals surface area contributed by atoms with Crippen LogP contribution in [0.25, 0.3) is 0 Å². The minimum absolute atomic E-state index is 0.000978. The van der Waals surface area contributed by atoms with Crippen molar-refractivity contribution in [2.75, 3.05) is 20.1 Å². The molecule has 1 aliphatic heterocycles. The summed E-state index contributed by atoms with van der Waals surface area (Å²) in [5, 5.41) is 5.38. The Morgan fingerprint density at radius 2 is 1.59 bits per heavy atom. The number of rotatable bonds is 10. The molecule has 0 saturated carbocycles. The number of ether oxygens (including phenoxy) is 3. The summed E-state index contributed by atoms with van der Waals surface area (Å²) in [5.74, 6) is -1.18. The zero-order valence-electron chi connectivity index (χ0n) is 26.6. The van der Waals surface area contributed by atoms with Crippen LogP contribution in [0.1, 0.15) is 51.2 Å². The van der Waals surface area contributed by atoms with E-state index in [0.29, 0.717) is 0 Å². The second-order valence-electron chi connectivity index (χ2n) is 11.7. The van der Waals surface area contributed by atoms with Crippen LogP contribution < -0.4 is 16.4 Å². The fourth-order valence-corrected chi connectivity index (χ4v) is 4.45. The van der Waals surface area contributed by atoms with Crippen molar-refractivity contribution in [3.63, 3.8) is 0 Å². The van der Waals surface area contributed by atoms with E-state index in [-0.39, 0.29) is 51.5 Å². The Morgan fingerprint density at radius 3 is 2.17 bits per heavy atom. The Hall–Kier alpha value is -5.14. The summed E-state index contributed by atoms with van der Waals surface area (Å²) < 4.78 is 15.8. The van der Waals surface area contributed by atoms with Crippen molar-refractivity contribution in [2.45, 2.75) is 70.9 Å². The first-order chi connectivity index (χ1) is 21.8. The van der Waals surface area contributed by atoms with Crippen LogP contribution in [-0.2, 0) is 37.0 Å². The molecule has 1 saturated heterocycles. The van der Waals surface area contributed by atoms with Crippen LogP contribution in [0.3, 0.4) is 0 Å². The number of likely N-dealkylation sites (N-methyl/N-ethyl adjacent to an activating group) is 1. The zero-order valence-corrected chi connectivity index (χ0v) is 26.6. The van der Waals surface area contributed by atoms with E-state index >= 15 is 0 Å². The lowest BCUT2D eigenvalue weighted by Gasteiger charge is -2.25. The van der Waals surface area contributed by atoms with Crippen molar-refractivity contribution in [1.29, 1.82) is 0 Å². The SMILES string of the molecule is CN1C(=O)C[C@H](CCCN(C(=O)OCc2ccccc2)/C(N)=N/C(=O)OCc2ccccc2)NC(=O)C1CNC(=O)OC(C)(C)C. The van der Waals surface area contributed by atoms with Gasteiger partial charge in [0.2, 0.25) is 17.8 Å². The molecule has 0 radical (unpaired) electrons. The maximum absolute atomic E-state index is 13.1. The summed E-state index contributed by atoms with van der Waals surface area (Å²) in [6.45, 7) is 4.90. The van der Waals surface area contributed by atoms with E-state index in [1.165, 1.54) is 11.9 Å². The number of amides is 5. The lowest BCUT2D eigenvalue weighted by molar-refractivity contribution is -0.136. The molecule has 14 nitrogen and oxygen atoms in total. The summed E-state index contributed by atoms with van der Waals surface area (Å²) in [6.07, 6.45) is -1.99. The summed E-state index contributed by atoms with van der Waals surface area (Å²) in [5.41, 5.74) is 6.85. The molecule has 248 valence electrons. The van der Waals surface area contributed by atoms with Gasteiger partial charge in [0.05, 0.1) is 6.54 Å². The highest BCUT2D eigenvalue weighted by Crippen LogP contribution is 2.14. The van der Waals surface area contributed by atoms with Crippen molar-refractivity contribution in [2.24, 2.45) is 10.7 Å². The molecule has 5 amide bonds. The van der Waals surface area contributed by atoms with Gasteiger partial charge in [0.1, 0.15) is 24.9 Å². The van der Waals surface area contributed by atoms with Gasteiger partial charge in [-0.15, -0.1) is 4.99 Å². The summed E-state index contributed by atoms with van der Waals surface area (Å²) in [6, 6.07) is 16.5. The van der Waals surface area contributed by atoms with Gasteiger partial charge in [-0.2, -0.15) is 0 Å². The van der Waals surface area contributed by atoms with Gasteiger partial charge in [-0.3, -0.25) is 9.59 Å². The average molecular weight is 639 g/mol. The van der Waals surface area contributed by atoms with Crippen molar-refractivity contribution in [3.05, 3.63) is 71.8 Å². The van der Waals surface area contributed by atoms with Gasteiger partial charge in [0.15, 0.2) is 0 Å². The lowest BCUT2D eigenvalue weighted by Crippen LogP contribution is -2.51. The Morgan fingerprint density at radius 1 is 1.00 bits per heavy atom. The molecular formula is C32H42N6O8. The standard InChI is InChI=1S/C32H42N6O8/c1-32(2,3)46-29(41)34-19-25-27(40)35-24(18-26(39)37(25)4)16-11-17-38(31(43)45-21-23-14-9-6-10-15-23)28(33)36-30(42)44-20-22-12-7-5-8-13-22/h5-10,12-15,24-25H,11,16-21H2,1-4H3,(H,34,41)(H,35,40)(H2,33,36,42)/t24-,25?/m0/s1. The number of nitrogens with zero attached hydrogens (tertiary/aromatic N) is 3. The molecule has 0 aliphatic carbocycles. The van der Waals surface area contributed by atoms with E-state index in [2.05, 4.69) is 15.6 Å². The number of aliphatic imine (C=N–C) groups is 1. The molecule has 0 aromatic heterocycles. The molecule has 1 aliphatic rings. The molecule has 2 atom stereocenters. The highest BCUT2D eigenvalue weighted by Gasteiger charge is 2.34. The number of alkyl carbamates (subject to hydrolysis) is 1. The molecule has 3 rings (SSSR count). The van der Waals surface area contributed by atoms with E-state index in [1.54, 1.807) is 69.3 Å². The second kappa shape index (κ2) is 16.8. The molecule has 2 aromatic carbocycles. The molecular weight excluding hydrogens is 596 g/mol. The smallest absolute Gasteiger partial charge is 0.437 e. The van der Waals surface area contributed by atoms with Gasteiger partial charge in [-0.05, 0) is 44.7 Å². The van der Waals surface area contributed by atoms with Crippen LogP contribution in [0, 0.1) is 0 Å². The average Bonchev–Trinajstić information content (AvgIpc) is 3.10. The van der Waals surface area contributed by atoms with Crippen molar-refractivity contribution in [3.8, 4) is 0 Å². The van der Waals surface area contributed by atoms with Crippen molar-refractivity contribution in [1.82, 2.24) is 20.4 Å². The lowest BCUT2D eigenvalue weighted by atomic mass is 10.1. The predicted molar refractivity (Wildman–Crippen MR) is 168 cm³/mol. The monoisotopic (exact) mass is 638 g/mol. The molecule has 14 heteroatoms. The van der Waals surface area contributed by atoms with Gasteiger partial charge < -0.3 is 35.5 Å². The number of nitrogens with one attached hydrogen (secondary N) is 2. The molecule has 4 N–H and O–H groups in total. The zero-order chi connectivity index (χ0) is 33.7. The van der Waals surface area contributed by atoms with E-state index < -0.39 is 47.8 Å². The first kappa shape index (κ1) is 35.3. The topological polar surface area (TPSA) is 182 Å². The van der Waals surface area contributed by atoms with Crippen LogP contribution in [0.4, 0.5) is 14.4 Å². The van der Waals surface area contributed by atoms with Gasteiger partial charge in [-0.25, -0.2) is 19.3 Å². The predicted octanol–water partition coefficient (Wildman–Crippen LogP) is 3.30. The second-order valence-corrected chi connectivity index (χ2v) is 11.7. The van der Waals surface area contributed by atoms with Crippen molar-refractivity contribution < 1.29 is 38.2 Å². The Kier molecular flexibility index (Phi) is 12.9. The van der Waals surface area contributed by atoms with E-state index in [1.807, 2.05) is 12.1 Å². The highest BCUT2D eigenvalue weighted by atomic mass is 16.6. The third-order valence-corrected chi connectivity index (χ3v) is 6.82. The van der Waals surface area contributed by atoms with Crippen LogP contribution in [0.2, 0.25) is 0 Å². The quantitative estimate of drug-likeness (QED) is 0.200. The third kappa shape index (κ3) is 11.7. The normalized spacial score (nSPS) is 17.0. The summed E-state index contributed by atoms with van der Waals surface area (Å²) >= 11 is 0. The van der Waals surface area contributed by atoms with Gasteiger partial charge in [0.25, 0.3) is 0 Å². The third-order valence-electron chi connectivity index (χ3n) is 6.82. The fourth-order valence-electron chi connectivity index (χ4n) is 4.45. The molecule has 2 aromatic rings. The molecule has 1 heterocycles. The van der Waals surface area contributed by atoms with Crippen molar-refractivity contribution >= 4 is 36.1 Å². The Labute approximate surface area is 268 Å². The summed E-state index contributed by atoms with van der Waals surface area (Å²) in [4.78, 5) is 69.5.